The Kier molecular flexibility index (Phi) is 3.57. The maximum atomic E-state index is 2.51. The van der Waals surface area contributed by atoms with E-state index < -0.39 is 0 Å². The Balaban J connectivity index is 2.02. The highest BCUT2D eigenvalue weighted by molar-refractivity contribution is 7.99. The van der Waals surface area contributed by atoms with E-state index in [0.29, 0.717) is 0 Å². The zero-order chi connectivity index (χ0) is 10.7. The molecule has 1 heterocycles. The predicted molar refractivity (Wildman–Crippen MR) is 68.8 cm³/mol. The van der Waals surface area contributed by atoms with Crippen molar-refractivity contribution in [2.24, 2.45) is 0 Å². The SMILES string of the molecule is CCCCCN1CSc2cc(C)ccc21. The number of anilines is 1. The molecule has 1 aromatic carbocycles. The van der Waals surface area contributed by atoms with Crippen molar-refractivity contribution in [3.8, 4) is 0 Å². The molecule has 0 saturated heterocycles. The molecule has 0 saturated carbocycles. The van der Waals surface area contributed by atoms with Gasteiger partial charge in [-0.25, -0.2) is 0 Å². The fourth-order valence-corrected chi connectivity index (χ4v) is 3.13. The molecule has 0 bridgehead atoms. The first-order valence-electron chi connectivity index (χ1n) is 5.79. The summed E-state index contributed by atoms with van der Waals surface area (Å²) in [6, 6.07) is 6.80. The van der Waals surface area contributed by atoms with Gasteiger partial charge in [-0.15, -0.1) is 11.8 Å². The number of thioether (sulfide) groups is 1. The molecular formula is C13H19NS. The quantitative estimate of drug-likeness (QED) is 0.705. The first-order chi connectivity index (χ1) is 7.31. The molecule has 2 rings (SSSR count). The van der Waals surface area contributed by atoms with Gasteiger partial charge in [0, 0.05) is 11.4 Å². The number of unbranched alkanes of at least 4 members (excludes halogenated alkanes) is 2. The maximum absolute atomic E-state index is 2.51. The summed E-state index contributed by atoms with van der Waals surface area (Å²) in [7, 11) is 0. The van der Waals surface area contributed by atoms with Crippen LogP contribution in [0.15, 0.2) is 23.1 Å². The Hall–Kier alpha value is -0.630. The van der Waals surface area contributed by atoms with Crippen LogP contribution in [0.3, 0.4) is 0 Å². The van der Waals surface area contributed by atoms with Gasteiger partial charge >= 0.3 is 0 Å². The molecule has 1 nitrogen and oxygen atoms in total. The van der Waals surface area contributed by atoms with E-state index in [1.165, 1.54) is 42.0 Å². The van der Waals surface area contributed by atoms with Gasteiger partial charge in [0.05, 0.1) is 11.6 Å². The zero-order valence-electron chi connectivity index (χ0n) is 9.62. The molecule has 0 atom stereocenters. The molecule has 1 aliphatic heterocycles. The third kappa shape index (κ3) is 2.49. The molecule has 1 aromatic rings. The Morgan fingerprint density at radius 2 is 2.20 bits per heavy atom. The molecule has 15 heavy (non-hydrogen) atoms. The summed E-state index contributed by atoms with van der Waals surface area (Å²) in [4.78, 5) is 3.97. The lowest BCUT2D eigenvalue weighted by atomic mass is 10.2. The van der Waals surface area contributed by atoms with E-state index in [4.69, 9.17) is 0 Å². The van der Waals surface area contributed by atoms with Crippen molar-refractivity contribution in [1.82, 2.24) is 0 Å². The van der Waals surface area contributed by atoms with Crippen LogP contribution >= 0.6 is 11.8 Å². The number of rotatable bonds is 4. The second-order valence-corrected chi connectivity index (χ2v) is 5.20. The largest absolute Gasteiger partial charge is 0.361 e. The summed E-state index contributed by atoms with van der Waals surface area (Å²) in [6.07, 6.45) is 3.98. The molecular weight excluding hydrogens is 202 g/mol. The Bertz CT molecular complexity index is 335. The van der Waals surface area contributed by atoms with E-state index in [-0.39, 0.29) is 0 Å². The van der Waals surface area contributed by atoms with Crippen molar-refractivity contribution < 1.29 is 0 Å². The predicted octanol–water partition coefficient (Wildman–Crippen LogP) is 4.05. The number of hydrogen-bond donors (Lipinski definition) is 0. The zero-order valence-corrected chi connectivity index (χ0v) is 10.4. The molecule has 0 aromatic heterocycles. The van der Waals surface area contributed by atoms with Gasteiger partial charge in [-0.05, 0) is 31.0 Å². The van der Waals surface area contributed by atoms with Crippen LogP contribution in [-0.4, -0.2) is 12.4 Å². The van der Waals surface area contributed by atoms with Gasteiger partial charge in [0.25, 0.3) is 0 Å². The monoisotopic (exact) mass is 221 g/mol. The van der Waals surface area contributed by atoms with E-state index in [2.05, 4.69) is 36.9 Å². The number of hydrogen-bond acceptors (Lipinski definition) is 2. The minimum absolute atomic E-state index is 1.14. The Morgan fingerprint density at radius 1 is 1.33 bits per heavy atom. The van der Waals surface area contributed by atoms with Crippen LogP contribution in [0.1, 0.15) is 31.7 Å². The Morgan fingerprint density at radius 3 is 3.00 bits per heavy atom. The third-order valence-electron chi connectivity index (χ3n) is 2.86. The summed E-state index contributed by atoms with van der Waals surface area (Å²) in [5.74, 6) is 1.14. The average molecular weight is 221 g/mol. The number of fused-ring (bicyclic) bond motifs is 1. The molecule has 1 aliphatic rings. The van der Waals surface area contributed by atoms with E-state index in [9.17, 15) is 0 Å². The van der Waals surface area contributed by atoms with Gasteiger partial charge in [-0.3, -0.25) is 0 Å². The highest BCUT2D eigenvalue weighted by Crippen LogP contribution is 2.38. The topological polar surface area (TPSA) is 3.24 Å². The van der Waals surface area contributed by atoms with Crippen molar-refractivity contribution in [3.63, 3.8) is 0 Å². The second-order valence-electron chi connectivity index (χ2n) is 4.22. The average Bonchev–Trinajstić information content (AvgIpc) is 2.61. The summed E-state index contributed by atoms with van der Waals surface area (Å²) < 4.78 is 0. The molecule has 0 amide bonds. The second kappa shape index (κ2) is 4.93. The van der Waals surface area contributed by atoms with Crippen molar-refractivity contribution in [2.75, 3.05) is 17.3 Å². The molecule has 82 valence electrons. The lowest BCUT2D eigenvalue weighted by Crippen LogP contribution is -2.20. The molecule has 0 radical (unpaired) electrons. The molecule has 0 aliphatic carbocycles. The summed E-state index contributed by atoms with van der Waals surface area (Å²) in [6.45, 7) is 5.65. The molecule has 0 spiro atoms. The lowest BCUT2D eigenvalue weighted by Gasteiger charge is -2.18. The molecule has 0 N–H and O–H groups in total. The van der Waals surface area contributed by atoms with Crippen LogP contribution in [0, 0.1) is 6.92 Å². The van der Waals surface area contributed by atoms with Crippen LogP contribution in [-0.2, 0) is 0 Å². The van der Waals surface area contributed by atoms with E-state index in [0.717, 1.165) is 5.88 Å². The van der Waals surface area contributed by atoms with Crippen LogP contribution in [0.2, 0.25) is 0 Å². The summed E-state index contributed by atoms with van der Waals surface area (Å²) in [5.41, 5.74) is 2.82. The van der Waals surface area contributed by atoms with Crippen molar-refractivity contribution in [3.05, 3.63) is 23.8 Å². The van der Waals surface area contributed by atoms with Crippen LogP contribution in [0.4, 0.5) is 5.69 Å². The normalized spacial score (nSPS) is 14.4. The number of aryl methyl sites for hydroxylation is 1. The van der Waals surface area contributed by atoms with Gasteiger partial charge in [0.15, 0.2) is 0 Å². The minimum Gasteiger partial charge on any atom is -0.361 e. The van der Waals surface area contributed by atoms with Crippen LogP contribution in [0.25, 0.3) is 0 Å². The van der Waals surface area contributed by atoms with E-state index >= 15 is 0 Å². The van der Waals surface area contributed by atoms with Crippen molar-refractivity contribution in [2.45, 2.75) is 38.0 Å². The lowest BCUT2D eigenvalue weighted by molar-refractivity contribution is 0.702. The smallest absolute Gasteiger partial charge is 0.0686 e. The van der Waals surface area contributed by atoms with Gasteiger partial charge in [-0.2, -0.15) is 0 Å². The van der Waals surface area contributed by atoms with E-state index in [1.54, 1.807) is 0 Å². The highest BCUT2D eigenvalue weighted by atomic mass is 32.2. The summed E-state index contributed by atoms with van der Waals surface area (Å²) >= 11 is 1.97. The first kappa shape index (κ1) is 10.9. The number of nitrogens with zero attached hydrogens (tertiary/aromatic N) is 1. The molecule has 0 unspecified atom stereocenters. The molecule has 0 fully saturated rings. The fraction of sp³-hybridized carbons (Fsp3) is 0.538. The van der Waals surface area contributed by atoms with Crippen molar-refractivity contribution >= 4 is 17.4 Å². The Labute approximate surface area is 96.9 Å². The molecule has 2 heteroatoms. The van der Waals surface area contributed by atoms with Gasteiger partial charge in [0.1, 0.15) is 0 Å². The standard InChI is InChI=1S/C13H19NS/c1-3-4-5-8-14-10-15-13-9-11(2)6-7-12(13)14/h6-7,9H,3-5,8,10H2,1-2H3. The first-order valence-corrected chi connectivity index (χ1v) is 6.78. The third-order valence-corrected chi connectivity index (χ3v) is 3.94. The van der Waals surface area contributed by atoms with Gasteiger partial charge in [-0.1, -0.05) is 25.8 Å². The van der Waals surface area contributed by atoms with Crippen LogP contribution < -0.4 is 4.90 Å². The van der Waals surface area contributed by atoms with Crippen molar-refractivity contribution in [1.29, 1.82) is 0 Å². The van der Waals surface area contributed by atoms with E-state index in [1.807, 2.05) is 11.8 Å². The van der Waals surface area contributed by atoms with Gasteiger partial charge in [0.2, 0.25) is 0 Å². The summed E-state index contributed by atoms with van der Waals surface area (Å²) in [5, 5.41) is 0. The van der Waals surface area contributed by atoms with Crippen LogP contribution in [0.5, 0.6) is 0 Å². The fourth-order valence-electron chi connectivity index (χ4n) is 1.95. The maximum Gasteiger partial charge on any atom is 0.0686 e. The number of benzene rings is 1. The highest BCUT2D eigenvalue weighted by Gasteiger charge is 2.18. The minimum atomic E-state index is 1.14. The van der Waals surface area contributed by atoms with Gasteiger partial charge < -0.3 is 4.90 Å².